The van der Waals surface area contributed by atoms with Gasteiger partial charge in [0.1, 0.15) is 5.82 Å². The highest BCUT2D eigenvalue weighted by atomic mass is 32.1. The normalized spacial score (nSPS) is 14.1. The lowest BCUT2D eigenvalue weighted by atomic mass is 10.2. The van der Waals surface area contributed by atoms with Crippen LogP contribution >= 0.6 is 11.3 Å². The molecule has 3 N–H and O–H groups in total. The van der Waals surface area contributed by atoms with Crippen LogP contribution in [0.5, 0.6) is 0 Å². The van der Waals surface area contributed by atoms with Gasteiger partial charge in [0.15, 0.2) is 0 Å². The van der Waals surface area contributed by atoms with Gasteiger partial charge in [0.2, 0.25) is 0 Å². The highest BCUT2D eigenvalue weighted by Gasteiger charge is 2.17. The van der Waals surface area contributed by atoms with Crippen molar-refractivity contribution in [1.29, 1.82) is 0 Å². The molecule has 0 radical (unpaired) electrons. The van der Waals surface area contributed by atoms with Crippen molar-refractivity contribution in [1.82, 2.24) is 19.8 Å². The molecule has 1 aliphatic heterocycles. The Morgan fingerprint density at radius 1 is 1.45 bits per heavy atom. The Kier molecular flexibility index (Phi) is 3.41. The van der Waals surface area contributed by atoms with Crippen LogP contribution in [0.2, 0.25) is 0 Å². The van der Waals surface area contributed by atoms with Crippen molar-refractivity contribution in [2.75, 3.05) is 0 Å². The molecule has 1 amide bonds. The molecule has 0 aromatic carbocycles. The molecule has 0 saturated heterocycles. The summed E-state index contributed by atoms with van der Waals surface area (Å²) in [7, 11) is 0. The molecule has 0 saturated carbocycles. The molecule has 0 bridgehead atoms. The van der Waals surface area contributed by atoms with Gasteiger partial charge in [0.05, 0.1) is 11.4 Å². The van der Waals surface area contributed by atoms with Crippen LogP contribution in [0.15, 0.2) is 16.9 Å². The molecule has 3 heterocycles. The molecule has 7 nitrogen and oxygen atoms in total. The summed E-state index contributed by atoms with van der Waals surface area (Å²) in [5.41, 5.74) is 2.02. The zero-order valence-corrected chi connectivity index (χ0v) is 11.7. The first-order valence-corrected chi connectivity index (χ1v) is 7.27. The summed E-state index contributed by atoms with van der Waals surface area (Å²) >= 11 is 1.31. The fraction of sp³-hybridized carbons (Fsp3) is 0.417. The summed E-state index contributed by atoms with van der Waals surface area (Å²) in [5, 5.41) is 4.37. The molecule has 0 atom stereocenters. The van der Waals surface area contributed by atoms with E-state index in [2.05, 4.69) is 10.5 Å². The number of aromatic nitrogens is 3. The highest BCUT2D eigenvalue weighted by molar-refractivity contribution is 7.14. The number of nitrogens with two attached hydrogens (primary N) is 1. The zero-order valence-electron chi connectivity index (χ0n) is 10.8. The van der Waals surface area contributed by atoms with Gasteiger partial charge in [-0.15, -0.1) is 11.3 Å². The second-order valence-electron chi connectivity index (χ2n) is 4.70. The van der Waals surface area contributed by atoms with E-state index < -0.39 is 0 Å². The van der Waals surface area contributed by atoms with Gasteiger partial charge in [-0.3, -0.25) is 14.8 Å². The van der Waals surface area contributed by atoms with Crippen LogP contribution < -0.4 is 17.0 Å². The molecule has 106 valence electrons. The van der Waals surface area contributed by atoms with Gasteiger partial charge < -0.3 is 0 Å². The number of thiophene rings is 1. The Hall–Kier alpha value is -1.93. The number of nitrogens with zero attached hydrogens (tertiary/aromatic N) is 3. The second-order valence-corrected chi connectivity index (χ2v) is 5.87. The fourth-order valence-corrected chi connectivity index (χ4v) is 3.25. The van der Waals surface area contributed by atoms with Gasteiger partial charge in [-0.2, -0.15) is 5.10 Å². The van der Waals surface area contributed by atoms with Gasteiger partial charge >= 0.3 is 5.69 Å². The zero-order chi connectivity index (χ0) is 14.1. The van der Waals surface area contributed by atoms with Crippen molar-refractivity contribution in [3.8, 4) is 0 Å². The van der Waals surface area contributed by atoms with Gasteiger partial charge in [0, 0.05) is 17.8 Å². The maximum absolute atomic E-state index is 12.2. The summed E-state index contributed by atoms with van der Waals surface area (Å²) in [5.74, 6) is 5.63. The minimum atomic E-state index is -0.322. The third-order valence-corrected chi connectivity index (χ3v) is 4.42. The van der Waals surface area contributed by atoms with Crippen LogP contribution in [0.25, 0.3) is 0 Å². The number of aryl methyl sites for hydroxylation is 1. The highest BCUT2D eigenvalue weighted by Crippen LogP contribution is 2.17. The lowest BCUT2D eigenvalue weighted by molar-refractivity contribution is 0.0957. The molecule has 20 heavy (non-hydrogen) atoms. The van der Waals surface area contributed by atoms with Crippen LogP contribution in [-0.4, -0.2) is 20.3 Å². The van der Waals surface area contributed by atoms with E-state index in [-0.39, 0.29) is 11.6 Å². The van der Waals surface area contributed by atoms with Crippen molar-refractivity contribution < 1.29 is 4.79 Å². The van der Waals surface area contributed by atoms with E-state index in [1.807, 2.05) is 6.07 Å². The maximum Gasteiger partial charge on any atom is 0.346 e. The van der Waals surface area contributed by atoms with Crippen molar-refractivity contribution >= 4 is 17.2 Å². The maximum atomic E-state index is 12.2. The Bertz CT molecular complexity index is 699. The molecule has 0 spiro atoms. The van der Waals surface area contributed by atoms with Crippen LogP contribution in [0.3, 0.4) is 0 Å². The first kappa shape index (κ1) is 13.1. The lowest BCUT2D eigenvalue weighted by Gasteiger charge is -2.09. The topological polar surface area (TPSA) is 94.9 Å². The Morgan fingerprint density at radius 2 is 2.30 bits per heavy atom. The number of nitrogen functional groups attached to an aromatic ring is 1. The number of hydrogen-bond acceptors (Lipinski definition) is 5. The minimum Gasteiger partial charge on any atom is -0.289 e. The number of carbonyl (C=O) groups excluding carboxylic acids is 1. The molecule has 2 aromatic rings. The van der Waals surface area contributed by atoms with E-state index in [0.717, 1.165) is 36.5 Å². The average Bonchev–Trinajstić information content (AvgIpc) is 3.05. The second kappa shape index (κ2) is 5.22. The minimum absolute atomic E-state index is 0.0714. The van der Waals surface area contributed by atoms with E-state index in [1.54, 1.807) is 10.6 Å². The number of amides is 1. The van der Waals surface area contributed by atoms with Gasteiger partial charge in [-0.25, -0.2) is 15.3 Å². The van der Waals surface area contributed by atoms with Crippen LogP contribution in [0.4, 0.5) is 0 Å². The van der Waals surface area contributed by atoms with Crippen molar-refractivity contribution in [2.45, 2.75) is 32.4 Å². The van der Waals surface area contributed by atoms with E-state index in [0.29, 0.717) is 11.4 Å². The predicted octanol–water partition coefficient (Wildman–Crippen LogP) is 0.0944. The van der Waals surface area contributed by atoms with E-state index in [4.69, 9.17) is 5.84 Å². The lowest BCUT2D eigenvalue weighted by Crippen LogP contribution is -2.29. The first-order valence-electron chi connectivity index (χ1n) is 6.45. The molecule has 1 aliphatic rings. The van der Waals surface area contributed by atoms with E-state index in [1.165, 1.54) is 16.0 Å². The summed E-state index contributed by atoms with van der Waals surface area (Å²) in [6.45, 7) is 1.14. The number of hydrazine groups is 1. The molecule has 0 unspecified atom stereocenters. The van der Waals surface area contributed by atoms with Crippen molar-refractivity contribution in [3.63, 3.8) is 0 Å². The average molecular weight is 293 g/mol. The molecule has 0 fully saturated rings. The summed E-state index contributed by atoms with van der Waals surface area (Å²) in [6, 6.07) is 3.52. The number of rotatable bonds is 3. The summed E-state index contributed by atoms with van der Waals surface area (Å²) < 4.78 is 3.21. The smallest absolute Gasteiger partial charge is 0.289 e. The van der Waals surface area contributed by atoms with Crippen LogP contribution in [0.1, 0.15) is 33.2 Å². The van der Waals surface area contributed by atoms with E-state index >= 15 is 0 Å². The van der Waals surface area contributed by atoms with Gasteiger partial charge in [0.25, 0.3) is 5.91 Å². The Balaban J connectivity index is 1.85. The van der Waals surface area contributed by atoms with Crippen molar-refractivity contribution in [2.24, 2.45) is 5.84 Å². The largest absolute Gasteiger partial charge is 0.346 e. The predicted molar refractivity (Wildman–Crippen MR) is 74.5 cm³/mol. The SMILES string of the molecule is NNC(=O)c1ccc(Cn2nc3n(c2=O)CCCC3)s1. The molecule has 3 rings (SSSR count). The Morgan fingerprint density at radius 3 is 3.05 bits per heavy atom. The Labute approximate surface area is 119 Å². The summed E-state index contributed by atoms with van der Waals surface area (Å²) in [4.78, 5) is 25.0. The fourth-order valence-electron chi connectivity index (χ4n) is 2.36. The molecule has 8 heteroatoms. The molecular weight excluding hydrogens is 278 g/mol. The third kappa shape index (κ3) is 2.27. The molecular formula is C12H15N5O2S. The number of carbonyl (C=O) groups is 1. The standard InChI is InChI=1S/C12H15N5O2S/c13-14-11(18)9-5-4-8(20-9)7-17-12(19)16-6-2-1-3-10(16)15-17/h4-5H,1-3,6-7,13H2,(H,14,18). The monoisotopic (exact) mass is 293 g/mol. The van der Waals surface area contributed by atoms with Gasteiger partial charge in [-0.1, -0.05) is 0 Å². The third-order valence-electron chi connectivity index (χ3n) is 3.35. The van der Waals surface area contributed by atoms with Crippen LogP contribution in [0, 0.1) is 0 Å². The first-order chi connectivity index (χ1) is 9.69. The molecule has 2 aromatic heterocycles. The van der Waals surface area contributed by atoms with Gasteiger partial charge in [-0.05, 0) is 25.0 Å². The number of nitrogens with one attached hydrogen (secondary N) is 1. The van der Waals surface area contributed by atoms with Crippen LogP contribution in [-0.2, 0) is 19.5 Å². The quantitative estimate of drug-likeness (QED) is 0.476. The van der Waals surface area contributed by atoms with E-state index in [9.17, 15) is 9.59 Å². The molecule has 0 aliphatic carbocycles. The number of hydrogen-bond donors (Lipinski definition) is 2. The van der Waals surface area contributed by atoms with Crippen molar-refractivity contribution in [3.05, 3.63) is 38.2 Å². The summed E-state index contributed by atoms with van der Waals surface area (Å²) in [6.07, 6.45) is 2.96. The number of fused-ring (bicyclic) bond motifs is 1.